The van der Waals surface area contributed by atoms with Gasteiger partial charge in [0, 0.05) is 47.7 Å². The van der Waals surface area contributed by atoms with Crippen molar-refractivity contribution < 1.29 is 19.7 Å². The van der Waals surface area contributed by atoms with Gasteiger partial charge < -0.3 is 30.0 Å². The third kappa shape index (κ3) is 7.53. The van der Waals surface area contributed by atoms with Crippen molar-refractivity contribution in [1.82, 2.24) is 20.0 Å². The first-order valence-corrected chi connectivity index (χ1v) is 14.2. The molecule has 2 aromatic carbocycles. The minimum Gasteiger partial charge on any atom is -0.490 e. The first-order valence-electron chi connectivity index (χ1n) is 14.2. The molecule has 0 radical (unpaired) electrons. The molecular formula is C33H39N5O4. The summed E-state index contributed by atoms with van der Waals surface area (Å²) in [7, 11) is 0. The number of hydrogen-bond donors (Lipinski definition) is 4. The Morgan fingerprint density at radius 3 is 2.45 bits per heavy atom. The molecule has 0 saturated heterocycles. The Labute approximate surface area is 246 Å². The molecule has 0 spiro atoms. The van der Waals surface area contributed by atoms with Crippen LogP contribution in [0.2, 0.25) is 0 Å². The van der Waals surface area contributed by atoms with E-state index in [2.05, 4.69) is 16.7 Å². The van der Waals surface area contributed by atoms with Crippen molar-refractivity contribution in [2.75, 3.05) is 6.54 Å². The van der Waals surface area contributed by atoms with Gasteiger partial charge in [0.05, 0.1) is 29.6 Å². The second-order valence-electron chi connectivity index (χ2n) is 11.0. The highest BCUT2D eigenvalue weighted by Gasteiger charge is 2.19. The summed E-state index contributed by atoms with van der Waals surface area (Å²) in [6.07, 6.45) is 3.12. The number of nitriles is 1. The van der Waals surface area contributed by atoms with Crippen molar-refractivity contribution in [3.05, 3.63) is 89.2 Å². The van der Waals surface area contributed by atoms with Crippen LogP contribution in [0.5, 0.6) is 5.75 Å². The highest BCUT2D eigenvalue weighted by molar-refractivity contribution is 5.95. The number of nitrogens with zero attached hydrogens (tertiary/aromatic N) is 3. The van der Waals surface area contributed by atoms with Gasteiger partial charge in [0.15, 0.2) is 0 Å². The molecule has 42 heavy (non-hydrogen) atoms. The Hall–Kier alpha value is -4.23. The number of carbonyl (C=O) groups is 1. The molecule has 2 unspecified atom stereocenters. The lowest BCUT2D eigenvalue weighted by molar-refractivity contribution is 0.0933. The molecule has 9 heteroatoms. The van der Waals surface area contributed by atoms with Crippen molar-refractivity contribution in [1.29, 1.82) is 5.26 Å². The fraction of sp³-hybridized carbons (Fsp3) is 0.364. The van der Waals surface area contributed by atoms with E-state index in [4.69, 9.17) is 9.72 Å². The lowest BCUT2D eigenvalue weighted by Crippen LogP contribution is -2.47. The monoisotopic (exact) mass is 569 g/mol. The van der Waals surface area contributed by atoms with Gasteiger partial charge in [-0.15, -0.1) is 0 Å². The number of fused-ring (bicyclic) bond motifs is 1. The molecule has 0 fully saturated rings. The van der Waals surface area contributed by atoms with E-state index in [9.17, 15) is 20.3 Å². The minimum absolute atomic E-state index is 0.0936. The molecule has 0 aliphatic carbocycles. The Morgan fingerprint density at radius 1 is 1.07 bits per heavy atom. The summed E-state index contributed by atoms with van der Waals surface area (Å²) in [4.78, 5) is 18.0. The predicted molar refractivity (Wildman–Crippen MR) is 162 cm³/mol. The van der Waals surface area contributed by atoms with Gasteiger partial charge in [0.25, 0.3) is 5.91 Å². The number of carbonyl (C=O) groups excluding carboxylic acids is 1. The van der Waals surface area contributed by atoms with Crippen LogP contribution < -0.4 is 15.4 Å². The summed E-state index contributed by atoms with van der Waals surface area (Å²) < 4.78 is 7.60. The second-order valence-corrected chi connectivity index (χ2v) is 11.0. The zero-order valence-corrected chi connectivity index (χ0v) is 24.7. The Kier molecular flexibility index (Phi) is 9.96. The van der Waals surface area contributed by atoms with E-state index in [1.54, 1.807) is 32.0 Å². The molecule has 4 rings (SSSR count). The number of aromatic nitrogens is 2. The number of pyridine rings is 1. The number of benzene rings is 2. The van der Waals surface area contributed by atoms with Crippen LogP contribution in [0.1, 0.15) is 67.8 Å². The lowest BCUT2D eigenvalue weighted by atomic mass is 10.0. The van der Waals surface area contributed by atoms with Crippen LogP contribution in [0.3, 0.4) is 0 Å². The Morgan fingerprint density at radius 2 is 1.81 bits per heavy atom. The number of nitrogens with one attached hydrogen (secondary N) is 2. The highest BCUT2D eigenvalue weighted by atomic mass is 16.5. The van der Waals surface area contributed by atoms with Crippen LogP contribution in [0.15, 0.2) is 67.0 Å². The zero-order valence-electron chi connectivity index (χ0n) is 24.7. The molecule has 2 heterocycles. The number of hydrogen-bond acceptors (Lipinski definition) is 7. The minimum atomic E-state index is -0.624. The van der Waals surface area contributed by atoms with Gasteiger partial charge in [0.2, 0.25) is 0 Å². The maximum atomic E-state index is 13.3. The molecule has 0 saturated carbocycles. The molecule has 0 aliphatic heterocycles. The molecule has 1 amide bonds. The van der Waals surface area contributed by atoms with Crippen LogP contribution in [0, 0.1) is 11.3 Å². The van der Waals surface area contributed by atoms with Crippen LogP contribution in [-0.4, -0.2) is 56.3 Å². The van der Waals surface area contributed by atoms with Crippen LogP contribution in [-0.2, 0) is 6.42 Å². The molecule has 4 N–H and O–H groups in total. The largest absolute Gasteiger partial charge is 0.490 e. The normalized spacial score (nSPS) is 14.3. The van der Waals surface area contributed by atoms with Gasteiger partial charge in [-0.25, -0.2) is 4.98 Å². The first kappa shape index (κ1) is 30.7. The fourth-order valence-electron chi connectivity index (χ4n) is 4.65. The van der Waals surface area contributed by atoms with Crippen LogP contribution in [0.25, 0.3) is 16.9 Å². The summed E-state index contributed by atoms with van der Waals surface area (Å²) in [6.45, 7) is 9.54. The molecule has 9 nitrogen and oxygen atoms in total. The molecule has 4 aromatic rings. The van der Waals surface area contributed by atoms with E-state index in [1.807, 2.05) is 74.0 Å². The molecule has 0 bridgehead atoms. The van der Waals surface area contributed by atoms with Crippen LogP contribution in [0.4, 0.5) is 0 Å². The Balaban J connectivity index is 1.52. The summed E-state index contributed by atoms with van der Waals surface area (Å²) in [5.74, 6) is 0.148. The van der Waals surface area contributed by atoms with E-state index in [1.165, 1.54) is 0 Å². The molecule has 2 aromatic heterocycles. The topological polar surface area (TPSA) is 132 Å². The van der Waals surface area contributed by atoms with Crippen molar-refractivity contribution in [2.24, 2.45) is 0 Å². The maximum Gasteiger partial charge on any atom is 0.251 e. The maximum absolute atomic E-state index is 13.3. The molecule has 0 aliphatic rings. The number of ether oxygens (including phenoxy) is 1. The predicted octanol–water partition coefficient (Wildman–Crippen LogP) is 4.41. The molecule has 4 atom stereocenters. The van der Waals surface area contributed by atoms with E-state index >= 15 is 0 Å². The third-order valence-corrected chi connectivity index (χ3v) is 7.16. The fourth-order valence-corrected chi connectivity index (χ4v) is 4.65. The quantitative estimate of drug-likeness (QED) is 0.199. The lowest BCUT2D eigenvalue weighted by Gasteiger charge is -2.24. The Bertz CT molecular complexity index is 1550. The smallest absolute Gasteiger partial charge is 0.251 e. The van der Waals surface area contributed by atoms with Crippen molar-refractivity contribution >= 4 is 11.6 Å². The van der Waals surface area contributed by atoms with Gasteiger partial charge in [-0.05, 0) is 70.9 Å². The van der Waals surface area contributed by atoms with E-state index < -0.39 is 12.2 Å². The van der Waals surface area contributed by atoms with Crippen LogP contribution >= 0.6 is 0 Å². The van der Waals surface area contributed by atoms with E-state index in [-0.39, 0.29) is 24.1 Å². The van der Waals surface area contributed by atoms with Gasteiger partial charge in [-0.1, -0.05) is 30.3 Å². The summed E-state index contributed by atoms with van der Waals surface area (Å²) in [5.41, 5.74) is 4.91. The molecular weight excluding hydrogens is 530 g/mol. The van der Waals surface area contributed by atoms with Crippen molar-refractivity contribution in [3.63, 3.8) is 0 Å². The van der Waals surface area contributed by atoms with E-state index in [0.717, 1.165) is 28.0 Å². The average Bonchev–Trinajstić information content (AvgIpc) is 3.40. The van der Waals surface area contributed by atoms with Gasteiger partial charge in [-0.2, -0.15) is 5.26 Å². The van der Waals surface area contributed by atoms with Crippen molar-refractivity contribution in [3.8, 4) is 23.1 Å². The molecule has 220 valence electrons. The standard InChI is InChI=1S/C33H39N5O4/c1-20(2)42-31-13-12-26(16-27(31)17-34)33(41)36-28(18-35-21(3)22(4)39)15-24-8-10-25(11-9-24)30-19-38-14-6-7-29(23(5)40)32(38)37-30/h6-14,16,19-23,28,35,39-40H,15,18H2,1-5H3,(H,36,41)/t21?,22-,23?,28-/m0/s1. The van der Waals surface area contributed by atoms with Gasteiger partial charge in [0.1, 0.15) is 17.5 Å². The number of aliphatic hydroxyl groups is 2. The summed E-state index contributed by atoms with van der Waals surface area (Å²) >= 11 is 0. The van der Waals surface area contributed by atoms with Gasteiger partial charge >= 0.3 is 0 Å². The average molecular weight is 570 g/mol. The zero-order chi connectivity index (χ0) is 30.4. The van der Waals surface area contributed by atoms with Gasteiger partial charge in [-0.3, -0.25) is 4.79 Å². The second kappa shape index (κ2) is 13.6. The SMILES string of the molecule is CC(C)Oc1ccc(C(=O)N[C@H](CNC(C)[C@H](C)O)Cc2ccc(-c3cn4cccc(C(C)O)c4n3)cc2)cc1C#N. The van der Waals surface area contributed by atoms with E-state index in [0.29, 0.717) is 29.8 Å². The van der Waals surface area contributed by atoms with Crippen molar-refractivity contribution in [2.45, 2.75) is 71.4 Å². The number of amides is 1. The number of rotatable bonds is 12. The first-order chi connectivity index (χ1) is 20.0. The highest BCUT2D eigenvalue weighted by Crippen LogP contribution is 2.25. The number of imidazole rings is 1. The summed E-state index contributed by atoms with van der Waals surface area (Å²) in [6, 6.07) is 18.3. The number of aliphatic hydroxyl groups excluding tert-OH is 2. The summed E-state index contributed by atoms with van der Waals surface area (Å²) in [5, 5.41) is 36.1. The third-order valence-electron chi connectivity index (χ3n) is 7.16.